The monoisotopic (exact) mass is 349 g/mol. The molecule has 19 heavy (non-hydrogen) atoms. The Hall–Kier alpha value is -0.880. The predicted molar refractivity (Wildman–Crippen MR) is 77.1 cm³/mol. The summed E-state index contributed by atoms with van der Waals surface area (Å²) in [5.41, 5.74) is 1.93. The zero-order chi connectivity index (χ0) is 14.4. The average Bonchev–Trinajstić information content (AvgIpc) is 2.59. The second-order valence-electron chi connectivity index (χ2n) is 4.27. The van der Waals surface area contributed by atoms with E-state index in [9.17, 15) is 9.59 Å². The molecule has 0 atom stereocenters. The molecule has 0 radical (unpaired) electrons. The number of carbonyl (C=O) groups excluding carboxylic acids is 2. The summed E-state index contributed by atoms with van der Waals surface area (Å²) in [7, 11) is 0. The molecule has 1 rings (SSSR count). The number of nitrogens with zero attached hydrogens (tertiary/aromatic N) is 2. The van der Waals surface area contributed by atoms with Crippen LogP contribution in [0.1, 0.15) is 30.7 Å². The third-order valence-corrected chi connectivity index (χ3v) is 4.05. The fourth-order valence-electron chi connectivity index (χ4n) is 1.64. The Morgan fingerprint density at radius 1 is 1.37 bits per heavy atom. The summed E-state index contributed by atoms with van der Waals surface area (Å²) in [5.74, 6) is -0.0503. The van der Waals surface area contributed by atoms with E-state index in [1.807, 2.05) is 13.8 Å². The molecule has 1 amide bonds. The van der Waals surface area contributed by atoms with Gasteiger partial charge in [-0.25, -0.2) is 0 Å². The molecule has 1 aromatic heterocycles. The maximum absolute atomic E-state index is 11.6. The molecule has 1 N–H and O–H groups in total. The quantitative estimate of drug-likeness (QED) is 0.606. The lowest BCUT2D eigenvalue weighted by Gasteiger charge is -2.06. The van der Waals surface area contributed by atoms with Gasteiger partial charge in [0.25, 0.3) is 0 Å². The topological polar surface area (TPSA) is 64.0 Å². The molecule has 5 nitrogen and oxygen atoms in total. The van der Waals surface area contributed by atoms with Crippen LogP contribution in [0.15, 0.2) is 4.47 Å². The molecule has 0 aliphatic carbocycles. The summed E-state index contributed by atoms with van der Waals surface area (Å²) in [6, 6.07) is 0. The number of carbonyl (C=O) groups is 2. The standard InChI is InChI=1S/C12H17BrClN3O2/c1-8-12(13)9(2)17(16-8)7-5-11(19)15-6-3-4-10(14)18/h3-7H2,1-2H3,(H,15,19). The second kappa shape index (κ2) is 7.65. The number of hydrogen-bond donors (Lipinski definition) is 1. The maximum atomic E-state index is 11.6. The first-order valence-electron chi connectivity index (χ1n) is 6.06. The van der Waals surface area contributed by atoms with Gasteiger partial charge in [-0.3, -0.25) is 14.3 Å². The lowest BCUT2D eigenvalue weighted by Crippen LogP contribution is -2.26. The fourth-order valence-corrected chi connectivity index (χ4v) is 2.06. The zero-order valence-electron chi connectivity index (χ0n) is 11.0. The van der Waals surface area contributed by atoms with Gasteiger partial charge in [-0.1, -0.05) is 0 Å². The highest BCUT2D eigenvalue weighted by atomic mass is 79.9. The van der Waals surface area contributed by atoms with Crippen LogP contribution in [0.2, 0.25) is 0 Å². The van der Waals surface area contributed by atoms with Crippen LogP contribution in [0.5, 0.6) is 0 Å². The van der Waals surface area contributed by atoms with Gasteiger partial charge in [0.1, 0.15) is 0 Å². The molecule has 0 saturated carbocycles. The maximum Gasteiger partial charge on any atom is 0.221 e. The van der Waals surface area contributed by atoms with Gasteiger partial charge in [-0.05, 0) is 47.8 Å². The minimum Gasteiger partial charge on any atom is -0.356 e. The summed E-state index contributed by atoms with van der Waals surface area (Å²) in [4.78, 5) is 22.1. The van der Waals surface area contributed by atoms with E-state index < -0.39 is 0 Å². The van der Waals surface area contributed by atoms with E-state index in [1.165, 1.54) is 0 Å². The van der Waals surface area contributed by atoms with Gasteiger partial charge in [-0.15, -0.1) is 0 Å². The number of aromatic nitrogens is 2. The number of hydrogen-bond acceptors (Lipinski definition) is 3. The van der Waals surface area contributed by atoms with Gasteiger partial charge >= 0.3 is 0 Å². The Bertz CT molecular complexity index is 474. The Kier molecular flexibility index (Phi) is 6.51. The van der Waals surface area contributed by atoms with Crippen molar-refractivity contribution >= 4 is 38.7 Å². The van der Waals surface area contributed by atoms with Crippen molar-refractivity contribution in [1.82, 2.24) is 15.1 Å². The van der Waals surface area contributed by atoms with Gasteiger partial charge in [0.2, 0.25) is 11.1 Å². The number of halogens is 2. The fraction of sp³-hybridized carbons (Fsp3) is 0.583. The summed E-state index contributed by atoms with van der Waals surface area (Å²) >= 11 is 8.64. The molecular weight excluding hydrogens is 334 g/mol. The number of aryl methyl sites for hydroxylation is 2. The summed E-state index contributed by atoms with van der Waals surface area (Å²) < 4.78 is 2.79. The molecule has 7 heteroatoms. The van der Waals surface area contributed by atoms with Crippen LogP contribution in [0.3, 0.4) is 0 Å². The normalized spacial score (nSPS) is 10.5. The molecule has 106 valence electrons. The van der Waals surface area contributed by atoms with Crippen molar-refractivity contribution in [1.29, 1.82) is 0 Å². The van der Waals surface area contributed by atoms with Crippen molar-refractivity contribution in [2.24, 2.45) is 0 Å². The molecule has 0 aromatic carbocycles. The van der Waals surface area contributed by atoms with Crippen molar-refractivity contribution in [2.45, 2.75) is 39.7 Å². The van der Waals surface area contributed by atoms with Crippen molar-refractivity contribution < 1.29 is 9.59 Å². The molecule has 1 heterocycles. The van der Waals surface area contributed by atoms with E-state index in [0.29, 0.717) is 25.9 Å². The Morgan fingerprint density at radius 2 is 2.05 bits per heavy atom. The molecule has 0 unspecified atom stereocenters. The molecule has 0 fully saturated rings. The molecule has 1 aromatic rings. The zero-order valence-corrected chi connectivity index (χ0v) is 13.3. The number of nitrogens with one attached hydrogen (secondary N) is 1. The van der Waals surface area contributed by atoms with Crippen LogP contribution in [-0.2, 0) is 16.1 Å². The predicted octanol–water partition coefficient (Wildman–Crippen LogP) is 2.31. The third kappa shape index (κ3) is 5.32. The van der Waals surface area contributed by atoms with Crippen molar-refractivity contribution in [2.75, 3.05) is 6.54 Å². The van der Waals surface area contributed by atoms with Gasteiger partial charge in [0, 0.05) is 25.1 Å². The second-order valence-corrected chi connectivity index (χ2v) is 5.48. The van der Waals surface area contributed by atoms with Crippen LogP contribution in [0.4, 0.5) is 0 Å². The third-order valence-electron chi connectivity index (χ3n) is 2.72. The van der Waals surface area contributed by atoms with E-state index in [-0.39, 0.29) is 17.6 Å². The highest BCUT2D eigenvalue weighted by molar-refractivity contribution is 9.10. The number of amides is 1. The number of rotatable bonds is 7. The molecule has 0 spiro atoms. The molecular formula is C12H17BrClN3O2. The molecule has 0 bridgehead atoms. The van der Waals surface area contributed by atoms with Crippen LogP contribution < -0.4 is 5.32 Å². The van der Waals surface area contributed by atoms with Crippen molar-refractivity contribution in [3.05, 3.63) is 15.9 Å². The lowest BCUT2D eigenvalue weighted by atomic mass is 10.3. The highest BCUT2D eigenvalue weighted by Crippen LogP contribution is 2.19. The first-order valence-corrected chi connectivity index (χ1v) is 7.23. The van der Waals surface area contributed by atoms with E-state index in [2.05, 4.69) is 26.3 Å². The highest BCUT2D eigenvalue weighted by Gasteiger charge is 2.09. The smallest absolute Gasteiger partial charge is 0.221 e. The summed E-state index contributed by atoms with van der Waals surface area (Å²) in [5, 5.41) is 6.70. The van der Waals surface area contributed by atoms with Gasteiger partial charge in [0.05, 0.1) is 16.7 Å². The van der Waals surface area contributed by atoms with Gasteiger partial charge in [0.15, 0.2) is 0 Å². The van der Waals surface area contributed by atoms with Crippen LogP contribution in [0, 0.1) is 13.8 Å². The molecule has 0 saturated heterocycles. The summed E-state index contributed by atoms with van der Waals surface area (Å²) in [6.45, 7) is 4.88. The van der Waals surface area contributed by atoms with Crippen LogP contribution in [0.25, 0.3) is 0 Å². The van der Waals surface area contributed by atoms with Gasteiger partial charge < -0.3 is 5.32 Å². The van der Waals surface area contributed by atoms with E-state index in [0.717, 1.165) is 15.9 Å². The minimum absolute atomic E-state index is 0.0503. The molecule has 0 aliphatic heterocycles. The Balaban J connectivity index is 2.30. The van der Waals surface area contributed by atoms with Crippen molar-refractivity contribution in [3.8, 4) is 0 Å². The van der Waals surface area contributed by atoms with Gasteiger partial charge in [-0.2, -0.15) is 5.10 Å². The molecule has 0 aliphatic rings. The van der Waals surface area contributed by atoms with E-state index in [4.69, 9.17) is 11.6 Å². The van der Waals surface area contributed by atoms with E-state index >= 15 is 0 Å². The average molecular weight is 351 g/mol. The summed E-state index contributed by atoms with van der Waals surface area (Å²) in [6.07, 6.45) is 1.22. The first kappa shape index (κ1) is 16.2. The Morgan fingerprint density at radius 3 is 2.58 bits per heavy atom. The first-order chi connectivity index (χ1) is 8.91. The van der Waals surface area contributed by atoms with E-state index in [1.54, 1.807) is 4.68 Å². The van der Waals surface area contributed by atoms with Crippen LogP contribution >= 0.6 is 27.5 Å². The largest absolute Gasteiger partial charge is 0.356 e. The lowest BCUT2D eigenvalue weighted by molar-refractivity contribution is -0.121. The Labute approximate surface area is 125 Å². The van der Waals surface area contributed by atoms with Crippen molar-refractivity contribution in [3.63, 3.8) is 0 Å². The SMILES string of the molecule is Cc1nn(CCC(=O)NCCCC(=O)Cl)c(C)c1Br. The minimum atomic E-state index is -0.373. The van der Waals surface area contributed by atoms with Crippen LogP contribution in [-0.4, -0.2) is 27.5 Å².